The molecule has 0 radical (unpaired) electrons. The van der Waals surface area contributed by atoms with Crippen LogP contribution in [-0.2, 0) is 11.8 Å². The largest absolute Gasteiger partial charge is 0.330 e. The first-order valence-corrected chi connectivity index (χ1v) is 10.1. The fourth-order valence-corrected chi connectivity index (χ4v) is 4.31. The van der Waals surface area contributed by atoms with E-state index in [1.807, 2.05) is 24.3 Å². The van der Waals surface area contributed by atoms with Gasteiger partial charge in [0.2, 0.25) is 0 Å². The lowest BCUT2D eigenvalue weighted by Crippen LogP contribution is -2.14. The van der Waals surface area contributed by atoms with Gasteiger partial charge >= 0.3 is 0 Å². The quantitative estimate of drug-likeness (QED) is 0.385. The lowest BCUT2D eigenvalue weighted by atomic mass is 9.90. The number of rotatable bonds is 4. The first-order chi connectivity index (χ1) is 12.2. The minimum Gasteiger partial charge on any atom is -0.330 e. The van der Waals surface area contributed by atoms with E-state index >= 15 is 0 Å². The summed E-state index contributed by atoms with van der Waals surface area (Å²) in [6, 6.07) is 13.5. The van der Waals surface area contributed by atoms with Crippen LogP contribution in [0, 0.1) is 0 Å². The summed E-state index contributed by atoms with van der Waals surface area (Å²) in [5.41, 5.74) is 2.98. The number of benzene rings is 2. The number of nitrogens with one attached hydrogen (secondary N) is 1. The number of halogens is 4. The van der Waals surface area contributed by atoms with E-state index < -0.39 is 0 Å². The summed E-state index contributed by atoms with van der Waals surface area (Å²) < 4.78 is 0. The second kappa shape index (κ2) is 9.15. The summed E-state index contributed by atoms with van der Waals surface area (Å²) in [6.45, 7) is 6.51. The van der Waals surface area contributed by atoms with Gasteiger partial charge in [-0.25, -0.2) is 4.98 Å². The molecule has 0 amide bonds. The van der Waals surface area contributed by atoms with Crippen LogP contribution in [0.5, 0.6) is 0 Å². The highest BCUT2D eigenvalue weighted by Gasteiger charge is 2.23. The Morgan fingerprint density at radius 1 is 1.00 bits per heavy atom. The van der Waals surface area contributed by atoms with Crippen LogP contribution in [0.2, 0.25) is 15.1 Å². The number of aromatic nitrogens is 1. The van der Waals surface area contributed by atoms with E-state index in [4.69, 9.17) is 39.8 Å². The van der Waals surface area contributed by atoms with Crippen molar-refractivity contribution >= 4 is 73.9 Å². The van der Waals surface area contributed by atoms with Gasteiger partial charge in [-0.1, -0.05) is 73.8 Å². The summed E-state index contributed by atoms with van der Waals surface area (Å²) in [4.78, 5) is 6.06. The van der Waals surface area contributed by atoms with Crippen LogP contribution in [0.15, 0.2) is 42.5 Å². The van der Waals surface area contributed by atoms with Crippen molar-refractivity contribution in [2.75, 3.05) is 5.32 Å². The Labute approximate surface area is 189 Å². The van der Waals surface area contributed by atoms with Gasteiger partial charge in [0.05, 0.1) is 21.4 Å². The minimum atomic E-state index is -0.0592. The SMILES string of the molecule is Br.CC(C)(C)c1nc(Nc2cccc(Cl)c2Cl)sc1Cc1ccc(Cl)cc1. The molecule has 0 aliphatic rings. The van der Waals surface area contributed by atoms with Crippen LogP contribution in [0.25, 0.3) is 0 Å². The third-order valence-corrected chi connectivity index (χ3v) is 5.92. The Morgan fingerprint density at radius 2 is 1.67 bits per heavy atom. The predicted octanol–water partition coefficient (Wildman–Crippen LogP) is 8.31. The van der Waals surface area contributed by atoms with Crippen LogP contribution < -0.4 is 5.32 Å². The number of hydrogen-bond donors (Lipinski definition) is 1. The molecule has 0 aliphatic heterocycles. The van der Waals surface area contributed by atoms with Crippen LogP contribution in [0.3, 0.4) is 0 Å². The maximum atomic E-state index is 6.29. The zero-order valence-electron chi connectivity index (χ0n) is 15.1. The minimum absolute atomic E-state index is 0. The maximum Gasteiger partial charge on any atom is 0.187 e. The Morgan fingerprint density at radius 3 is 2.30 bits per heavy atom. The number of hydrogen-bond acceptors (Lipinski definition) is 3. The van der Waals surface area contributed by atoms with Crippen molar-refractivity contribution in [3.8, 4) is 0 Å². The van der Waals surface area contributed by atoms with Crippen LogP contribution >= 0.6 is 63.1 Å². The van der Waals surface area contributed by atoms with E-state index in [1.165, 1.54) is 10.4 Å². The fourth-order valence-electron chi connectivity index (χ4n) is 2.61. The molecule has 0 spiro atoms. The molecule has 27 heavy (non-hydrogen) atoms. The van der Waals surface area contributed by atoms with E-state index in [-0.39, 0.29) is 22.4 Å². The van der Waals surface area contributed by atoms with Crippen LogP contribution in [-0.4, -0.2) is 4.98 Å². The molecule has 0 fully saturated rings. The zero-order valence-corrected chi connectivity index (χ0v) is 19.9. The molecule has 2 aromatic carbocycles. The van der Waals surface area contributed by atoms with E-state index in [1.54, 1.807) is 17.4 Å². The summed E-state index contributed by atoms with van der Waals surface area (Å²) in [5, 5.41) is 5.88. The Kier molecular flexibility index (Phi) is 7.62. The van der Waals surface area contributed by atoms with Crippen molar-refractivity contribution in [2.45, 2.75) is 32.6 Å². The maximum absolute atomic E-state index is 6.29. The van der Waals surface area contributed by atoms with E-state index in [0.717, 1.165) is 28.0 Å². The lowest BCUT2D eigenvalue weighted by molar-refractivity contribution is 0.568. The number of thiazole rings is 1. The van der Waals surface area contributed by atoms with Gasteiger partial charge in [-0.3, -0.25) is 0 Å². The molecule has 144 valence electrons. The fraction of sp³-hybridized carbons (Fsp3) is 0.250. The Bertz CT molecular complexity index is 918. The van der Waals surface area contributed by atoms with Crippen molar-refractivity contribution in [1.29, 1.82) is 0 Å². The molecular weight excluding hydrogens is 487 g/mol. The van der Waals surface area contributed by atoms with Gasteiger partial charge in [-0.2, -0.15) is 0 Å². The molecule has 7 heteroatoms. The highest BCUT2D eigenvalue weighted by atomic mass is 79.9. The topological polar surface area (TPSA) is 24.9 Å². The van der Waals surface area contributed by atoms with Crippen molar-refractivity contribution < 1.29 is 0 Å². The summed E-state index contributed by atoms with van der Waals surface area (Å²) in [6.07, 6.45) is 0.812. The van der Waals surface area contributed by atoms with Crippen molar-refractivity contribution in [3.63, 3.8) is 0 Å². The smallest absolute Gasteiger partial charge is 0.187 e. The Hall–Kier alpha value is -0.780. The van der Waals surface area contributed by atoms with Crippen molar-refractivity contribution in [1.82, 2.24) is 4.98 Å². The average Bonchev–Trinajstić information content (AvgIpc) is 2.97. The third kappa shape index (κ3) is 5.61. The van der Waals surface area contributed by atoms with Gasteiger partial charge in [-0.15, -0.1) is 28.3 Å². The molecule has 1 N–H and O–H groups in total. The molecule has 0 bridgehead atoms. The predicted molar refractivity (Wildman–Crippen MR) is 125 cm³/mol. The normalized spacial score (nSPS) is 11.2. The molecule has 3 rings (SSSR count). The molecule has 2 nitrogen and oxygen atoms in total. The van der Waals surface area contributed by atoms with Gasteiger partial charge in [0.15, 0.2) is 5.13 Å². The second-order valence-electron chi connectivity index (χ2n) is 7.07. The van der Waals surface area contributed by atoms with Crippen LogP contribution in [0.1, 0.15) is 36.9 Å². The Balaban J connectivity index is 0.00000261. The molecule has 1 heterocycles. The third-order valence-electron chi connectivity index (χ3n) is 3.88. The van der Waals surface area contributed by atoms with E-state index in [9.17, 15) is 0 Å². The van der Waals surface area contributed by atoms with Gasteiger partial charge in [0.25, 0.3) is 0 Å². The van der Waals surface area contributed by atoms with Gasteiger partial charge in [0.1, 0.15) is 0 Å². The summed E-state index contributed by atoms with van der Waals surface area (Å²) in [5.74, 6) is 0. The van der Waals surface area contributed by atoms with Gasteiger partial charge in [0, 0.05) is 21.7 Å². The standard InChI is InChI=1S/C20H19Cl3N2S.BrH/c1-20(2,3)18-16(11-12-7-9-13(21)10-8-12)26-19(25-18)24-15-6-4-5-14(22)17(15)23;/h4-10H,11H2,1-3H3,(H,24,25);1H. The van der Waals surface area contributed by atoms with Crippen molar-refractivity contribution in [3.05, 3.63) is 73.7 Å². The first-order valence-electron chi connectivity index (χ1n) is 8.19. The molecular formula is C20H20BrCl3N2S. The van der Waals surface area contributed by atoms with Crippen LogP contribution in [0.4, 0.5) is 10.8 Å². The molecule has 0 saturated carbocycles. The number of nitrogens with zero attached hydrogens (tertiary/aromatic N) is 1. The molecule has 1 aromatic heterocycles. The molecule has 0 saturated heterocycles. The zero-order chi connectivity index (χ0) is 18.9. The monoisotopic (exact) mass is 504 g/mol. The van der Waals surface area contributed by atoms with Gasteiger partial charge < -0.3 is 5.32 Å². The number of anilines is 2. The van der Waals surface area contributed by atoms with E-state index in [2.05, 4.69) is 38.2 Å². The van der Waals surface area contributed by atoms with E-state index in [0.29, 0.717) is 10.0 Å². The van der Waals surface area contributed by atoms with Crippen molar-refractivity contribution in [2.24, 2.45) is 0 Å². The summed E-state index contributed by atoms with van der Waals surface area (Å²) in [7, 11) is 0. The summed E-state index contributed by atoms with van der Waals surface area (Å²) >= 11 is 20.0. The van der Waals surface area contributed by atoms with Gasteiger partial charge in [-0.05, 0) is 29.8 Å². The molecule has 3 aromatic rings. The average molecular weight is 507 g/mol. The highest BCUT2D eigenvalue weighted by Crippen LogP contribution is 2.37. The second-order valence-corrected chi connectivity index (χ2v) is 9.38. The lowest BCUT2D eigenvalue weighted by Gasteiger charge is -2.17. The highest BCUT2D eigenvalue weighted by molar-refractivity contribution is 8.93. The molecule has 0 unspecified atom stereocenters. The first kappa shape index (κ1) is 22.5. The molecule has 0 atom stereocenters. The molecule has 0 aliphatic carbocycles.